The van der Waals surface area contributed by atoms with Gasteiger partial charge in [0.2, 0.25) is 5.95 Å². The van der Waals surface area contributed by atoms with E-state index in [1.54, 1.807) is 29.8 Å². The maximum atomic E-state index is 13.4. The zero-order valence-electron chi connectivity index (χ0n) is 22.7. The molecule has 172 valence electrons. The number of Topliss-reactive ketones (excluding diaryl/α,β-unsaturated/α-hetero) is 1. The number of nitrogens with zero attached hydrogens (tertiary/aromatic N) is 5. The van der Waals surface area contributed by atoms with Gasteiger partial charge in [0.1, 0.15) is 11.5 Å². The van der Waals surface area contributed by atoms with Gasteiger partial charge in [-0.3, -0.25) is 14.2 Å². The number of aromatic nitrogens is 4. The van der Waals surface area contributed by atoms with Crippen LogP contribution in [0.5, 0.6) is 0 Å². The van der Waals surface area contributed by atoms with Crippen molar-refractivity contribution in [2.75, 3.05) is 36.3 Å². The Bertz CT molecular complexity index is 1420. The Hall–Kier alpha value is -3.33. The third-order valence-corrected chi connectivity index (χ3v) is 6.29. The summed E-state index contributed by atoms with van der Waals surface area (Å²) in [5.74, 6) is 0.376. The van der Waals surface area contributed by atoms with Crippen LogP contribution in [-0.2, 0) is 0 Å². The molecule has 0 aromatic carbocycles. The zero-order chi connectivity index (χ0) is 26.5. The third kappa shape index (κ3) is 4.08. The van der Waals surface area contributed by atoms with E-state index in [0.717, 1.165) is 25.7 Å². The molecule has 2 aliphatic rings. The van der Waals surface area contributed by atoms with Gasteiger partial charge >= 0.3 is 0 Å². The highest BCUT2D eigenvalue weighted by Gasteiger charge is 2.25. The first-order chi connectivity index (χ1) is 17.5. The van der Waals surface area contributed by atoms with Gasteiger partial charge < -0.3 is 15.5 Å². The van der Waals surface area contributed by atoms with Gasteiger partial charge in [0.05, 0.1) is 20.2 Å². The molecule has 1 saturated heterocycles. The van der Waals surface area contributed by atoms with Crippen LogP contribution < -0.4 is 21.1 Å². The number of pyridine rings is 2. The van der Waals surface area contributed by atoms with Gasteiger partial charge in [0.15, 0.2) is 5.78 Å². The van der Waals surface area contributed by atoms with Crippen molar-refractivity contribution in [2.45, 2.75) is 45.6 Å². The molecule has 3 aromatic heterocycles. The maximum Gasteiger partial charge on any atom is 0.263 e. The molecule has 4 heterocycles. The van der Waals surface area contributed by atoms with Gasteiger partial charge in [-0.15, -0.1) is 0 Å². The maximum absolute atomic E-state index is 13.4. The van der Waals surface area contributed by atoms with Crippen molar-refractivity contribution in [2.24, 2.45) is 0 Å². The van der Waals surface area contributed by atoms with Crippen molar-refractivity contribution in [3.8, 4) is 0 Å². The summed E-state index contributed by atoms with van der Waals surface area (Å²) in [6.07, 6.45) is 6.82. The average Bonchev–Trinajstić information content (AvgIpc) is 3.36. The lowest BCUT2D eigenvalue weighted by Gasteiger charge is -2.29. The predicted molar refractivity (Wildman–Crippen MR) is 129 cm³/mol. The van der Waals surface area contributed by atoms with Crippen molar-refractivity contribution in [3.05, 3.63) is 46.0 Å². The van der Waals surface area contributed by atoms with Crippen LogP contribution in [0.4, 0.5) is 17.5 Å². The van der Waals surface area contributed by atoms with Crippen LogP contribution in [0, 0.1) is 6.92 Å². The van der Waals surface area contributed by atoms with Gasteiger partial charge in [-0.2, -0.15) is 4.98 Å². The van der Waals surface area contributed by atoms with E-state index >= 15 is 0 Å². The van der Waals surface area contributed by atoms with Crippen LogP contribution >= 0.6 is 0 Å². The Morgan fingerprint density at radius 3 is 2.79 bits per heavy atom. The number of fused-ring (bicyclic) bond motifs is 1. The van der Waals surface area contributed by atoms with Crippen molar-refractivity contribution in [3.63, 3.8) is 0 Å². The fourth-order valence-corrected chi connectivity index (χ4v) is 4.63. The zero-order valence-corrected chi connectivity index (χ0v) is 18.7. The fraction of sp³-hybridized carbons (Fsp3) is 0.458. The van der Waals surface area contributed by atoms with E-state index in [4.69, 9.17) is 5.48 Å². The molecular formula is C24H29N7O2. The van der Waals surface area contributed by atoms with Gasteiger partial charge in [-0.1, -0.05) is 12.8 Å². The van der Waals surface area contributed by atoms with E-state index < -0.39 is 13.0 Å². The van der Waals surface area contributed by atoms with E-state index in [2.05, 4.69) is 25.6 Å². The van der Waals surface area contributed by atoms with Crippen LogP contribution in [0.3, 0.4) is 0 Å². The van der Waals surface area contributed by atoms with Gasteiger partial charge in [0, 0.05) is 46.4 Å². The average molecular weight is 452 g/mol. The lowest BCUT2D eigenvalue weighted by molar-refractivity contribution is 0.101. The molecular weight excluding hydrogens is 418 g/mol. The fourth-order valence-electron chi connectivity index (χ4n) is 4.63. The number of nitrogens with one attached hydrogen (secondary N) is 2. The highest BCUT2D eigenvalue weighted by Crippen LogP contribution is 2.32. The molecule has 0 atom stereocenters. The molecule has 9 heteroatoms. The Kier molecular flexibility index (Phi) is 4.63. The van der Waals surface area contributed by atoms with E-state index in [-0.39, 0.29) is 35.4 Å². The van der Waals surface area contributed by atoms with Crippen molar-refractivity contribution >= 4 is 34.3 Å². The number of piperazine rings is 1. The summed E-state index contributed by atoms with van der Waals surface area (Å²) in [5.41, 5.74) is 1.35. The predicted octanol–water partition coefficient (Wildman–Crippen LogP) is 2.97. The molecule has 0 bridgehead atoms. The monoisotopic (exact) mass is 451 g/mol. The van der Waals surface area contributed by atoms with Gasteiger partial charge in [-0.05, 0) is 44.4 Å². The second-order valence-electron chi connectivity index (χ2n) is 8.44. The molecule has 1 saturated carbocycles. The summed E-state index contributed by atoms with van der Waals surface area (Å²) in [4.78, 5) is 40.4. The topological polar surface area (TPSA) is 105 Å². The van der Waals surface area contributed by atoms with E-state index in [0.29, 0.717) is 34.6 Å². The van der Waals surface area contributed by atoms with Crippen molar-refractivity contribution < 1.29 is 10.3 Å². The number of hydrogen-bond acceptors (Lipinski definition) is 8. The molecule has 2 N–H and O–H groups in total. The minimum atomic E-state index is -2.26. The molecule has 5 rings (SSSR count). The van der Waals surface area contributed by atoms with Crippen LogP contribution in [0.15, 0.2) is 29.3 Å². The molecule has 0 unspecified atom stereocenters. The first-order valence-corrected chi connectivity index (χ1v) is 11.2. The van der Waals surface area contributed by atoms with Gasteiger partial charge in [0.25, 0.3) is 5.56 Å². The normalized spacial score (nSPS) is 21.8. The lowest BCUT2D eigenvalue weighted by Crippen LogP contribution is -2.43. The minimum absolute atomic E-state index is 0.0240. The van der Waals surface area contributed by atoms with Crippen molar-refractivity contribution in [1.82, 2.24) is 24.8 Å². The number of rotatable bonds is 5. The van der Waals surface area contributed by atoms with E-state index in [1.807, 2.05) is 0 Å². The SMILES string of the molecule is [2H]C1([2H])NCCN(c2ccc(Nc3ncc4c(C)c(C(C)=O)c(=O)n(C5CCCC5)c4n3)nc2)C1([2H])[2H]. The molecule has 33 heavy (non-hydrogen) atoms. The van der Waals surface area contributed by atoms with Crippen molar-refractivity contribution in [1.29, 1.82) is 0 Å². The smallest absolute Gasteiger partial charge is 0.263 e. The third-order valence-electron chi connectivity index (χ3n) is 6.29. The number of carbonyl (C=O) groups excluding carboxylic acids is 1. The Balaban J connectivity index is 1.49. The molecule has 1 aliphatic heterocycles. The first kappa shape index (κ1) is 17.2. The molecule has 1 aliphatic carbocycles. The summed E-state index contributed by atoms with van der Waals surface area (Å²) in [7, 11) is 0. The lowest BCUT2D eigenvalue weighted by atomic mass is 10.0. The number of anilines is 3. The molecule has 0 spiro atoms. The number of aryl methyl sites for hydroxylation is 1. The largest absolute Gasteiger partial charge is 0.368 e. The second kappa shape index (κ2) is 8.90. The number of carbonyl (C=O) groups is 1. The second-order valence-corrected chi connectivity index (χ2v) is 8.44. The van der Waals surface area contributed by atoms with E-state index in [9.17, 15) is 9.59 Å². The van der Waals surface area contributed by atoms with Crippen LogP contribution in [0.2, 0.25) is 0 Å². The first-order valence-electron chi connectivity index (χ1n) is 13.2. The molecule has 2 fully saturated rings. The summed E-state index contributed by atoms with van der Waals surface area (Å²) in [6.45, 7) is -0.742. The van der Waals surface area contributed by atoms with E-state index in [1.165, 1.54) is 18.0 Å². The quantitative estimate of drug-likeness (QED) is 0.571. The molecule has 9 nitrogen and oxygen atoms in total. The number of ketones is 1. The summed E-state index contributed by atoms with van der Waals surface area (Å²) in [5, 5.41) is 6.27. The highest BCUT2D eigenvalue weighted by atomic mass is 16.1. The molecule has 3 aromatic rings. The van der Waals surface area contributed by atoms with Crippen LogP contribution in [0.25, 0.3) is 11.0 Å². The summed E-state index contributed by atoms with van der Waals surface area (Å²) >= 11 is 0. The molecule has 0 radical (unpaired) electrons. The Morgan fingerprint density at radius 2 is 2.06 bits per heavy atom. The summed E-state index contributed by atoms with van der Waals surface area (Å²) < 4.78 is 34.1. The minimum Gasteiger partial charge on any atom is -0.368 e. The van der Waals surface area contributed by atoms with Crippen LogP contribution in [0.1, 0.15) is 60.1 Å². The summed E-state index contributed by atoms with van der Waals surface area (Å²) in [6, 6.07) is 3.28. The van der Waals surface area contributed by atoms with Gasteiger partial charge in [-0.25, -0.2) is 9.97 Å². The number of hydrogen-bond donors (Lipinski definition) is 2. The Labute approximate surface area is 197 Å². The van der Waals surface area contributed by atoms with Crippen LogP contribution in [-0.4, -0.2) is 51.4 Å². The molecule has 0 amide bonds. The standard InChI is InChI=1S/C24H29N7O2/c1-15-19-14-27-24(28-20-8-7-18(13-26-20)30-11-9-25-10-12-30)29-22(19)31(17-5-3-4-6-17)23(33)21(15)16(2)32/h7-8,13-14,17,25H,3-6,9-12H2,1-2H3,(H,26,27,28,29)/i9D2,11D2. The Morgan fingerprint density at radius 1 is 1.24 bits per heavy atom. The highest BCUT2D eigenvalue weighted by molar-refractivity contribution is 5.99.